The number of methoxy groups -OCH3 is 1. The predicted octanol–water partition coefficient (Wildman–Crippen LogP) is 3.02. The maximum absolute atomic E-state index is 12.7. The fraction of sp³-hybridized carbons (Fsp3) is 0.222. The number of anilines is 1. The van der Waals surface area contributed by atoms with Gasteiger partial charge in [0.15, 0.2) is 0 Å². The smallest absolute Gasteiger partial charge is 0.332 e. The number of allylic oxidation sites excluding steroid dienone is 2. The summed E-state index contributed by atoms with van der Waals surface area (Å²) in [5, 5.41) is 5.65. The summed E-state index contributed by atoms with van der Waals surface area (Å²) in [6.45, 7) is 2.07. The number of unbranched alkanes of at least 4 members (excludes halogenated alkanes) is 1. The zero-order valence-corrected chi connectivity index (χ0v) is 14.9. The Hall–Kier alpha value is -2.80. The van der Waals surface area contributed by atoms with Gasteiger partial charge in [-0.3, -0.25) is 4.79 Å². The molecule has 0 radical (unpaired) electrons. The van der Waals surface area contributed by atoms with Crippen molar-refractivity contribution >= 4 is 41.1 Å². The molecule has 0 atom stereocenters. The number of amides is 1. The van der Waals surface area contributed by atoms with Crippen molar-refractivity contribution < 1.29 is 14.3 Å². The average Bonchev–Trinajstić information content (AvgIpc) is 2.85. The third kappa shape index (κ3) is 4.39. The second-order valence-electron chi connectivity index (χ2n) is 5.10. The molecule has 0 aromatic heterocycles. The number of para-hydroxylation sites is 1. The molecule has 25 heavy (non-hydrogen) atoms. The molecule has 0 aliphatic carbocycles. The first kappa shape index (κ1) is 18.5. The van der Waals surface area contributed by atoms with E-state index in [0.717, 1.165) is 18.9 Å². The topological polar surface area (TPSA) is 62.2 Å². The molecule has 0 spiro atoms. The summed E-state index contributed by atoms with van der Waals surface area (Å²) in [6, 6.07) is 8.96. The maximum atomic E-state index is 12.7. The standard InChI is InChI=1S/C18H19N3O3S/c1-3-4-5-9-12-19-21-15(13-16(22)24-2)17(23)20(18(21)25)14-10-7-6-8-11-14/h5-13H,3-4H2,1-2H3/b9-5+,15-13+,19-12+. The number of rotatable bonds is 6. The number of benzene rings is 1. The highest BCUT2D eigenvalue weighted by Gasteiger charge is 2.39. The number of thiocarbonyl (C=S) groups is 1. The molecule has 130 valence electrons. The number of carbonyl (C=O) groups excluding carboxylic acids is 2. The van der Waals surface area contributed by atoms with Gasteiger partial charge in [0, 0.05) is 6.21 Å². The van der Waals surface area contributed by atoms with Crippen LogP contribution in [-0.4, -0.2) is 35.3 Å². The average molecular weight is 357 g/mol. The van der Waals surface area contributed by atoms with Gasteiger partial charge in [-0.05, 0) is 36.8 Å². The van der Waals surface area contributed by atoms with Crippen molar-refractivity contribution in [3.05, 3.63) is 54.3 Å². The minimum Gasteiger partial charge on any atom is -0.466 e. The van der Waals surface area contributed by atoms with Gasteiger partial charge in [0.1, 0.15) is 5.70 Å². The van der Waals surface area contributed by atoms with Crippen molar-refractivity contribution in [3.63, 3.8) is 0 Å². The van der Waals surface area contributed by atoms with E-state index in [0.29, 0.717) is 5.69 Å². The molecular formula is C18H19N3O3S. The van der Waals surface area contributed by atoms with Crippen LogP contribution in [-0.2, 0) is 14.3 Å². The minimum atomic E-state index is -0.650. The van der Waals surface area contributed by atoms with Crippen LogP contribution in [0.15, 0.2) is 59.4 Å². The number of hydrazone groups is 1. The van der Waals surface area contributed by atoms with Crippen LogP contribution in [0, 0.1) is 0 Å². The zero-order chi connectivity index (χ0) is 18.2. The van der Waals surface area contributed by atoms with Gasteiger partial charge < -0.3 is 4.74 Å². The Bertz CT molecular complexity index is 741. The summed E-state index contributed by atoms with van der Waals surface area (Å²) in [4.78, 5) is 25.7. The van der Waals surface area contributed by atoms with E-state index in [2.05, 4.69) is 16.8 Å². The number of hydrogen-bond acceptors (Lipinski definition) is 5. The Labute approximate surface area is 152 Å². The van der Waals surface area contributed by atoms with Crippen LogP contribution in [0.1, 0.15) is 19.8 Å². The van der Waals surface area contributed by atoms with Gasteiger partial charge in [0.2, 0.25) is 5.11 Å². The SMILES string of the molecule is CCC/C=C/C=N/N1C(=S)N(c2ccccc2)C(=O)/C1=C\C(=O)OC. The molecule has 2 rings (SSSR count). The molecule has 1 fully saturated rings. The Balaban J connectivity index is 2.36. The van der Waals surface area contributed by atoms with Crippen molar-refractivity contribution in [3.8, 4) is 0 Å². The molecule has 1 aliphatic rings. The normalized spacial score (nSPS) is 16.6. The third-order valence-corrected chi connectivity index (χ3v) is 3.71. The lowest BCUT2D eigenvalue weighted by Gasteiger charge is -2.15. The number of hydrogen-bond donors (Lipinski definition) is 0. The van der Waals surface area contributed by atoms with E-state index in [1.54, 1.807) is 30.3 Å². The molecule has 0 saturated carbocycles. The first-order chi connectivity index (χ1) is 12.1. The summed E-state index contributed by atoms with van der Waals surface area (Å²) in [7, 11) is 1.24. The molecule has 0 N–H and O–H groups in total. The molecule has 1 aromatic carbocycles. The molecule has 1 aliphatic heterocycles. The van der Waals surface area contributed by atoms with Crippen LogP contribution in [0.5, 0.6) is 0 Å². The Kier molecular flexibility index (Phi) is 6.59. The van der Waals surface area contributed by atoms with Gasteiger partial charge >= 0.3 is 5.97 Å². The first-order valence-electron chi connectivity index (χ1n) is 7.82. The highest BCUT2D eigenvalue weighted by atomic mass is 32.1. The fourth-order valence-electron chi connectivity index (χ4n) is 2.13. The predicted molar refractivity (Wildman–Crippen MR) is 101 cm³/mol. The summed E-state index contributed by atoms with van der Waals surface area (Å²) < 4.78 is 4.62. The van der Waals surface area contributed by atoms with Crippen LogP contribution in [0.3, 0.4) is 0 Å². The summed E-state index contributed by atoms with van der Waals surface area (Å²) >= 11 is 5.39. The second kappa shape index (κ2) is 8.89. The number of carbonyl (C=O) groups is 2. The van der Waals surface area contributed by atoms with Crippen molar-refractivity contribution in [1.29, 1.82) is 0 Å². The van der Waals surface area contributed by atoms with E-state index in [-0.39, 0.29) is 10.8 Å². The van der Waals surface area contributed by atoms with E-state index in [4.69, 9.17) is 12.2 Å². The maximum Gasteiger partial charge on any atom is 0.332 e. The lowest BCUT2D eigenvalue weighted by Crippen LogP contribution is -2.30. The van der Waals surface area contributed by atoms with Crippen LogP contribution in [0.25, 0.3) is 0 Å². The summed E-state index contributed by atoms with van der Waals surface area (Å²) in [6.07, 6.45) is 8.32. The molecular weight excluding hydrogens is 338 g/mol. The largest absolute Gasteiger partial charge is 0.466 e. The molecule has 1 amide bonds. The molecule has 0 unspecified atom stereocenters. The van der Waals surface area contributed by atoms with Crippen molar-refractivity contribution in [2.24, 2.45) is 5.10 Å². The Morgan fingerprint density at radius 1 is 1.32 bits per heavy atom. The molecule has 0 bridgehead atoms. The molecule has 1 saturated heterocycles. The molecule has 6 nitrogen and oxygen atoms in total. The van der Waals surface area contributed by atoms with Crippen molar-refractivity contribution in [2.45, 2.75) is 19.8 Å². The monoisotopic (exact) mass is 357 g/mol. The fourth-order valence-corrected chi connectivity index (χ4v) is 2.46. The lowest BCUT2D eigenvalue weighted by molar-refractivity contribution is -0.135. The van der Waals surface area contributed by atoms with Crippen LogP contribution in [0.2, 0.25) is 0 Å². The van der Waals surface area contributed by atoms with Gasteiger partial charge in [0.25, 0.3) is 5.91 Å². The van der Waals surface area contributed by atoms with Crippen LogP contribution < -0.4 is 4.90 Å². The quantitative estimate of drug-likeness (QED) is 0.339. The van der Waals surface area contributed by atoms with Gasteiger partial charge in [0.05, 0.1) is 18.9 Å². The zero-order valence-electron chi connectivity index (χ0n) is 14.1. The van der Waals surface area contributed by atoms with E-state index in [9.17, 15) is 9.59 Å². The van der Waals surface area contributed by atoms with Gasteiger partial charge in [-0.1, -0.05) is 37.6 Å². The van der Waals surface area contributed by atoms with Gasteiger partial charge in [-0.25, -0.2) is 14.7 Å². The highest BCUT2D eigenvalue weighted by molar-refractivity contribution is 7.80. The Morgan fingerprint density at radius 2 is 2.04 bits per heavy atom. The van der Waals surface area contributed by atoms with E-state index < -0.39 is 11.9 Å². The Morgan fingerprint density at radius 3 is 2.68 bits per heavy atom. The van der Waals surface area contributed by atoms with Crippen molar-refractivity contribution in [1.82, 2.24) is 5.01 Å². The number of esters is 1. The van der Waals surface area contributed by atoms with Gasteiger partial charge in [-0.2, -0.15) is 5.10 Å². The van der Waals surface area contributed by atoms with Crippen LogP contribution in [0.4, 0.5) is 5.69 Å². The van der Waals surface area contributed by atoms with Gasteiger partial charge in [-0.15, -0.1) is 0 Å². The third-order valence-electron chi connectivity index (χ3n) is 3.35. The molecule has 7 heteroatoms. The number of nitrogens with zero attached hydrogens (tertiary/aromatic N) is 3. The molecule has 1 aromatic rings. The minimum absolute atomic E-state index is 0.0424. The van der Waals surface area contributed by atoms with Crippen molar-refractivity contribution in [2.75, 3.05) is 12.0 Å². The second-order valence-corrected chi connectivity index (χ2v) is 5.47. The van der Waals surface area contributed by atoms with E-state index in [1.807, 2.05) is 12.1 Å². The first-order valence-corrected chi connectivity index (χ1v) is 8.23. The number of ether oxygens (including phenoxy) is 1. The lowest BCUT2D eigenvalue weighted by atomic mass is 10.3. The highest BCUT2D eigenvalue weighted by Crippen LogP contribution is 2.27. The summed E-state index contributed by atoms with van der Waals surface area (Å²) in [5.41, 5.74) is 0.647. The summed E-state index contributed by atoms with van der Waals surface area (Å²) in [5.74, 6) is -1.08. The van der Waals surface area contributed by atoms with Crippen LogP contribution >= 0.6 is 12.2 Å². The molecule has 1 heterocycles. The van der Waals surface area contributed by atoms with E-state index in [1.165, 1.54) is 23.2 Å². The van der Waals surface area contributed by atoms with E-state index >= 15 is 0 Å².